The van der Waals surface area contributed by atoms with Crippen LogP contribution in [0.2, 0.25) is 0 Å². The van der Waals surface area contributed by atoms with E-state index in [2.05, 4.69) is 29.4 Å². The van der Waals surface area contributed by atoms with Crippen molar-refractivity contribution < 1.29 is 9.47 Å². The van der Waals surface area contributed by atoms with Crippen molar-refractivity contribution in [1.82, 2.24) is 10.3 Å². The highest BCUT2D eigenvalue weighted by Crippen LogP contribution is 2.35. The molecular formula is C16H18N2O2S. The first-order valence-electron chi connectivity index (χ1n) is 7.03. The molecule has 1 aliphatic heterocycles. The lowest BCUT2D eigenvalue weighted by Crippen LogP contribution is -2.22. The van der Waals surface area contributed by atoms with Crippen LogP contribution in [-0.2, 0) is 0 Å². The van der Waals surface area contributed by atoms with Crippen molar-refractivity contribution in [2.24, 2.45) is 0 Å². The van der Waals surface area contributed by atoms with Gasteiger partial charge in [-0.3, -0.25) is 0 Å². The summed E-state index contributed by atoms with van der Waals surface area (Å²) >= 11 is 1.75. The van der Waals surface area contributed by atoms with E-state index in [4.69, 9.17) is 9.47 Å². The molecule has 1 aromatic heterocycles. The molecule has 0 fully saturated rings. The molecule has 5 heteroatoms. The Balaban J connectivity index is 1.72. The summed E-state index contributed by atoms with van der Waals surface area (Å²) in [4.78, 5) is 4.35. The molecule has 1 atom stereocenters. The third-order valence-electron chi connectivity index (χ3n) is 3.29. The van der Waals surface area contributed by atoms with Gasteiger partial charge in [0.2, 0.25) is 6.79 Å². The number of benzene rings is 1. The highest BCUT2D eigenvalue weighted by molar-refractivity contribution is 7.99. The summed E-state index contributed by atoms with van der Waals surface area (Å²) < 4.78 is 10.8. The average Bonchev–Trinajstić information content (AvgIpc) is 3.00. The first kappa shape index (κ1) is 14.2. The van der Waals surface area contributed by atoms with Crippen LogP contribution in [0.3, 0.4) is 0 Å². The second kappa shape index (κ2) is 6.83. The topological polar surface area (TPSA) is 43.4 Å². The molecule has 0 spiro atoms. The second-order valence-corrected chi connectivity index (χ2v) is 5.74. The number of ether oxygens (including phenoxy) is 2. The minimum absolute atomic E-state index is 0.261. The smallest absolute Gasteiger partial charge is 0.231 e. The van der Waals surface area contributed by atoms with Gasteiger partial charge in [0.15, 0.2) is 11.5 Å². The van der Waals surface area contributed by atoms with E-state index < -0.39 is 0 Å². The van der Waals surface area contributed by atoms with E-state index in [9.17, 15) is 0 Å². The van der Waals surface area contributed by atoms with Gasteiger partial charge in [0.25, 0.3) is 0 Å². The van der Waals surface area contributed by atoms with Crippen LogP contribution in [0.4, 0.5) is 0 Å². The van der Waals surface area contributed by atoms with E-state index in [1.165, 1.54) is 5.56 Å². The number of nitrogens with one attached hydrogen (secondary N) is 1. The van der Waals surface area contributed by atoms with E-state index >= 15 is 0 Å². The van der Waals surface area contributed by atoms with Gasteiger partial charge >= 0.3 is 0 Å². The van der Waals surface area contributed by atoms with Crippen LogP contribution in [0, 0.1) is 0 Å². The van der Waals surface area contributed by atoms with Crippen LogP contribution in [0.1, 0.15) is 18.5 Å². The molecule has 1 aromatic carbocycles. The molecule has 110 valence electrons. The van der Waals surface area contributed by atoms with E-state index in [0.717, 1.165) is 28.8 Å². The summed E-state index contributed by atoms with van der Waals surface area (Å²) in [5.41, 5.74) is 1.21. The number of thioether (sulfide) groups is 1. The zero-order chi connectivity index (χ0) is 14.5. The predicted molar refractivity (Wildman–Crippen MR) is 83.9 cm³/mol. The Morgan fingerprint density at radius 3 is 2.95 bits per heavy atom. The van der Waals surface area contributed by atoms with Crippen molar-refractivity contribution in [3.05, 3.63) is 48.2 Å². The summed E-state index contributed by atoms with van der Waals surface area (Å²) in [5, 5.41) is 4.56. The van der Waals surface area contributed by atoms with Crippen molar-refractivity contribution in [2.75, 3.05) is 19.1 Å². The third kappa shape index (κ3) is 3.49. The zero-order valence-electron chi connectivity index (χ0n) is 11.9. The molecule has 0 aliphatic carbocycles. The number of pyridine rings is 1. The lowest BCUT2D eigenvalue weighted by Gasteiger charge is -2.18. The summed E-state index contributed by atoms with van der Waals surface area (Å²) in [6.45, 7) is 3.35. The second-order valence-electron chi connectivity index (χ2n) is 4.70. The van der Waals surface area contributed by atoms with Crippen LogP contribution in [0.25, 0.3) is 0 Å². The molecule has 0 saturated heterocycles. The third-order valence-corrected chi connectivity index (χ3v) is 4.32. The van der Waals surface area contributed by atoms with Crippen LogP contribution >= 0.6 is 11.8 Å². The van der Waals surface area contributed by atoms with Gasteiger partial charge in [-0.15, -0.1) is 11.8 Å². The van der Waals surface area contributed by atoms with Gasteiger partial charge in [-0.25, -0.2) is 4.98 Å². The maximum absolute atomic E-state index is 5.46. The Kier molecular flexibility index (Phi) is 4.62. The largest absolute Gasteiger partial charge is 0.454 e. The zero-order valence-corrected chi connectivity index (χ0v) is 12.7. The van der Waals surface area contributed by atoms with Crippen molar-refractivity contribution in [3.8, 4) is 11.5 Å². The number of hydrogen-bond acceptors (Lipinski definition) is 5. The Morgan fingerprint density at radius 1 is 1.24 bits per heavy atom. The average molecular weight is 302 g/mol. The molecule has 2 aromatic rings. The molecule has 1 unspecified atom stereocenters. The lowest BCUT2D eigenvalue weighted by molar-refractivity contribution is 0.174. The van der Waals surface area contributed by atoms with Gasteiger partial charge in [-0.1, -0.05) is 19.1 Å². The molecule has 2 heterocycles. The van der Waals surface area contributed by atoms with Gasteiger partial charge in [-0.2, -0.15) is 0 Å². The molecular weight excluding hydrogens is 284 g/mol. The SMILES string of the molecule is CCNC(CSc1ccccn1)c1ccc2c(c1)OCO2. The van der Waals surface area contributed by atoms with Crippen molar-refractivity contribution in [3.63, 3.8) is 0 Å². The molecule has 0 amide bonds. The van der Waals surface area contributed by atoms with E-state index in [0.29, 0.717) is 6.79 Å². The number of nitrogens with zero attached hydrogens (tertiary/aromatic N) is 1. The van der Waals surface area contributed by atoms with Gasteiger partial charge in [-0.05, 0) is 36.4 Å². The molecule has 21 heavy (non-hydrogen) atoms. The minimum Gasteiger partial charge on any atom is -0.454 e. The first-order valence-corrected chi connectivity index (χ1v) is 8.02. The maximum Gasteiger partial charge on any atom is 0.231 e. The highest BCUT2D eigenvalue weighted by atomic mass is 32.2. The molecule has 0 radical (unpaired) electrons. The summed E-state index contributed by atoms with van der Waals surface area (Å²) in [7, 11) is 0. The van der Waals surface area contributed by atoms with Gasteiger partial charge in [0.05, 0.1) is 5.03 Å². The standard InChI is InChI=1S/C16H18N2O2S/c1-2-17-13(10-21-16-5-3-4-8-18-16)12-6-7-14-15(9-12)20-11-19-14/h3-9,13,17H,2,10-11H2,1H3. The van der Waals surface area contributed by atoms with E-state index in [-0.39, 0.29) is 6.04 Å². The number of fused-ring (bicyclic) bond motifs is 1. The van der Waals surface area contributed by atoms with E-state index in [1.807, 2.05) is 30.5 Å². The molecule has 1 aliphatic rings. The molecule has 1 N–H and O–H groups in total. The lowest BCUT2D eigenvalue weighted by atomic mass is 10.1. The molecule has 0 saturated carbocycles. The first-order chi connectivity index (χ1) is 10.4. The minimum atomic E-state index is 0.261. The number of aromatic nitrogens is 1. The Hall–Kier alpha value is -1.72. The number of hydrogen-bond donors (Lipinski definition) is 1. The monoisotopic (exact) mass is 302 g/mol. The summed E-state index contributed by atoms with van der Waals surface area (Å²) in [6, 6.07) is 12.4. The molecule has 3 rings (SSSR count). The Labute approximate surface area is 128 Å². The van der Waals surface area contributed by atoms with Crippen LogP contribution in [0.15, 0.2) is 47.6 Å². The quantitative estimate of drug-likeness (QED) is 0.830. The van der Waals surface area contributed by atoms with Crippen LogP contribution in [0.5, 0.6) is 11.5 Å². The van der Waals surface area contributed by atoms with Crippen molar-refractivity contribution in [1.29, 1.82) is 0 Å². The predicted octanol–water partition coefficient (Wildman–Crippen LogP) is 3.25. The van der Waals surface area contributed by atoms with Crippen molar-refractivity contribution >= 4 is 11.8 Å². The van der Waals surface area contributed by atoms with Gasteiger partial charge in [0, 0.05) is 18.0 Å². The fourth-order valence-electron chi connectivity index (χ4n) is 2.25. The van der Waals surface area contributed by atoms with Crippen LogP contribution < -0.4 is 14.8 Å². The van der Waals surface area contributed by atoms with Gasteiger partial charge < -0.3 is 14.8 Å². The molecule has 0 bridgehead atoms. The number of rotatable bonds is 6. The maximum atomic E-state index is 5.46. The highest BCUT2D eigenvalue weighted by Gasteiger charge is 2.17. The van der Waals surface area contributed by atoms with E-state index in [1.54, 1.807) is 11.8 Å². The fraction of sp³-hybridized carbons (Fsp3) is 0.312. The summed E-state index contributed by atoms with van der Waals surface area (Å²) in [5.74, 6) is 2.58. The normalized spacial score (nSPS) is 14.1. The molecule has 4 nitrogen and oxygen atoms in total. The Morgan fingerprint density at radius 2 is 2.14 bits per heavy atom. The summed E-state index contributed by atoms with van der Waals surface area (Å²) in [6.07, 6.45) is 1.82. The van der Waals surface area contributed by atoms with Crippen molar-refractivity contribution in [2.45, 2.75) is 18.0 Å². The van der Waals surface area contributed by atoms with Gasteiger partial charge in [0.1, 0.15) is 0 Å². The Bertz CT molecular complexity index is 592. The fourth-order valence-corrected chi connectivity index (χ4v) is 3.21. The van der Waals surface area contributed by atoms with Crippen LogP contribution in [-0.4, -0.2) is 24.1 Å².